The zero-order valence-electron chi connectivity index (χ0n) is 14.3. The second kappa shape index (κ2) is 9.27. The number of benzene rings is 2. The van der Waals surface area contributed by atoms with Crippen LogP contribution in [0.1, 0.15) is 16.7 Å². The fourth-order valence-corrected chi connectivity index (χ4v) is 3.08. The summed E-state index contributed by atoms with van der Waals surface area (Å²) < 4.78 is 5.02. The number of carbonyl (C=O) groups is 2. The zero-order chi connectivity index (χ0) is 19.1. The predicted octanol–water partition coefficient (Wildman–Crippen LogP) is 4.25. The van der Waals surface area contributed by atoms with E-state index in [-0.39, 0.29) is 13.0 Å². The fraction of sp³-hybridized carbons (Fsp3) is 0.211. The molecule has 0 fully saturated rings. The van der Waals surface area contributed by atoms with Crippen molar-refractivity contribution in [3.8, 4) is 5.40 Å². The van der Waals surface area contributed by atoms with E-state index in [1.165, 1.54) is 0 Å². The van der Waals surface area contributed by atoms with Crippen LogP contribution in [0.15, 0.2) is 41.3 Å². The van der Waals surface area contributed by atoms with E-state index < -0.39 is 11.9 Å². The third-order valence-corrected chi connectivity index (χ3v) is 4.37. The van der Waals surface area contributed by atoms with Crippen molar-refractivity contribution in [1.29, 1.82) is 5.26 Å². The number of thioether (sulfide) groups is 1. The minimum absolute atomic E-state index is 0.0720. The van der Waals surface area contributed by atoms with Gasteiger partial charge in [0.2, 0.25) is 0 Å². The topological polar surface area (TPSA) is 79.2 Å². The van der Waals surface area contributed by atoms with Crippen molar-refractivity contribution in [2.24, 2.45) is 0 Å². The second-order valence-corrected chi connectivity index (χ2v) is 6.93. The van der Waals surface area contributed by atoms with Gasteiger partial charge in [-0.2, -0.15) is 5.26 Å². The number of nitriles is 1. The summed E-state index contributed by atoms with van der Waals surface area (Å²) in [5.74, 6) is -0.905. The van der Waals surface area contributed by atoms with Gasteiger partial charge in [0.25, 0.3) is 5.91 Å². The molecule has 1 amide bonds. The number of carbonyl (C=O) groups excluding carboxylic acids is 2. The minimum Gasteiger partial charge on any atom is -0.455 e. The van der Waals surface area contributed by atoms with E-state index in [2.05, 4.69) is 5.32 Å². The van der Waals surface area contributed by atoms with Gasteiger partial charge in [-0.1, -0.05) is 23.7 Å². The molecular formula is C19H17ClN2O3S. The van der Waals surface area contributed by atoms with E-state index in [1.807, 2.05) is 31.4 Å². The van der Waals surface area contributed by atoms with Crippen molar-refractivity contribution in [3.63, 3.8) is 0 Å². The van der Waals surface area contributed by atoms with Crippen LogP contribution in [0.4, 0.5) is 5.69 Å². The highest BCUT2D eigenvalue weighted by Crippen LogP contribution is 2.27. The number of anilines is 1. The van der Waals surface area contributed by atoms with Gasteiger partial charge in [-0.15, -0.1) is 0 Å². The summed E-state index contributed by atoms with van der Waals surface area (Å²) in [4.78, 5) is 24.7. The number of esters is 1. The molecule has 1 N–H and O–H groups in total. The van der Waals surface area contributed by atoms with Gasteiger partial charge in [0.15, 0.2) is 6.61 Å². The van der Waals surface area contributed by atoms with Crippen LogP contribution < -0.4 is 5.32 Å². The Bertz CT molecular complexity index is 837. The minimum atomic E-state index is -0.489. The Morgan fingerprint density at radius 2 is 1.81 bits per heavy atom. The van der Waals surface area contributed by atoms with Gasteiger partial charge in [-0.3, -0.25) is 9.59 Å². The Labute approximate surface area is 161 Å². The highest BCUT2D eigenvalue weighted by Gasteiger charge is 2.12. The van der Waals surface area contributed by atoms with Crippen molar-refractivity contribution in [2.45, 2.75) is 25.2 Å². The van der Waals surface area contributed by atoms with Crippen molar-refractivity contribution < 1.29 is 14.3 Å². The van der Waals surface area contributed by atoms with E-state index in [1.54, 1.807) is 24.3 Å². The first-order valence-electron chi connectivity index (χ1n) is 7.76. The molecule has 2 rings (SSSR count). The first-order valence-corrected chi connectivity index (χ1v) is 8.95. The molecule has 0 aliphatic carbocycles. The summed E-state index contributed by atoms with van der Waals surface area (Å²) in [5.41, 5.74) is 3.09. The molecule has 0 unspecified atom stereocenters. The number of rotatable bonds is 6. The molecule has 0 saturated carbocycles. The van der Waals surface area contributed by atoms with Gasteiger partial charge in [-0.05, 0) is 66.6 Å². The van der Waals surface area contributed by atoms with Crippen LogP contribution in [0.5, 0.6) is 0 Å². The Morgan fingerprint density at radius 3 is 2.38 bits per heavy atom. The van der Waals surface area contributed by atoms with E-state index >= 15 is 0 Å². The maximum atomic E-state index is 12.1. The molecule has 26 heavy (non-hydrogen) atoms. The number of hydrogen-bond acceptors (Lipinski definition) is 5. The molecule has 2 aromatic carbocycles. The molecule has 0 atom stereocenters. The lowest BCUT2D eigenvalue weighted by molar-refractivity contribution is -0.146. The molecule has 0 aliphatic rings. The second-order valence-electron chi connectivity index (χ2n) is 5.64. The zero-order valence-corrected chi connectivity index (χ0v) is 15.9. The molecule has 0 aliphatic heterocycles. The van der Waals surface area contributed by atoms with E-state index in [9.17, 15) is 9.59 Å². The van der Waals surface area contributed by atoms with Crippen LogP contribution in [0.2, 0.25) is 5.02 Å². The molecule has 0 radical (unpaired) electrons. The number of aryl methyl sites for hydroxylation is 2. The van der Waals surface area contributed by atoms with E-state index in [0.717, 1.165) is 33.3 Å². The molecule has 5 nitrogen and oxygen atoms in total. The van der Waals surface area contributed by atoms with Crippen LogP contribution in [0.25, 0.3) is 0 Å². The Hall–Kier alpha value is -2.49. The van der Waals surface area contributed by atoms with Crippen LogP contribution >= 0.6 is 23.4 Å². The number of halogens is 1. The number of amides is 1. The van der Waals surface area contributed by atoms with Gasteiger partial charge in [0.05, 0.1) is 6.42 Å². The average Bonchev–Trinajstić information content (AvgIpc) is 2.59. The maximum absolute atomic E-state index is 12.1. The highest BCUT2D eigenvalue weighted by atomic mass is 35.5. The molecule has 134 valence electrons. The fourth-order valence-electron chi connectivity index (χ4n) is 2.37. The van der Waals surface area contributed by atoms with Crippen LogP contribution in [0, 0.1) is 24.5 Å². The van der Waals surface area contributed by atoms with Gasteiger partial charge in [0.1, 0.15) is 5.40 Å². The van der Waals surface area contributed by atoms with E-state index in [0.29, 0.717) is 10.7 Å². The maximum Gasteiger partial charge on any atom is 0.310 e. The predicted molar refractivity (Wildman–Crippen MR) is 102 cm³/mol. The SMILES string of the molecule is Cc1cc(SC#N)cc(C)c1NC(=O)COC(=O)Cc1ccc(Cl)cc1. The third kappa shape index (κ3) is 5.80. The summed E-state index contributed by atoms with van der Waals surface area (Å²) in [6, 6.07) is 10.5. The highest BCUT2D eigenvalue weighted by molar-refractivity contribution is 8.03. The molecule has 0 aromatic heterocycles. The molecule has 0 bridgehead atoms. The standard InChI is InChI=1S/C19H17ClN2O3S/c1-12-7-16(26-11-21)8-13(2)19(12)22-17(23)10-25-18(24)9-14-3-5-15(20)6-4-14/h3-8H,9-10H2,1-2H3,(H,22,23). The van der Waals surface area contributed by atoms with Crippen LogP contribution in [0.3, 0.4) is 0 Å². The summed E-state index contributed by atoms with van der Waals surface area (Å²) in [7, 11) is 0. The Kier molecular flexibility index (Phi) is 7.07. The monoisotopic (exact) mass is 388 g/mol. The molecule has 7 heteroatoms. The smallest absolute Gasteiger partial charge is 0.310 e. The van der Waals surface area contributed by atoms with Crippen molar-refractivity contribution in [3.05, 3.63) is 58.1 Å². The first-order chi connectivity index (χ1) is 12.4. The summed E-state index contributed by atoms with van der Waals surface area (Å²) >= 11 is 6.86. The molecule has 0 spiro atoms. The average molecular weight is 389 g/mol. The third-order valence-electron chi connectivity index (χ3n) is 3.56. The number of nitrogens with one attached hydrogen (secondary N) is 1. The number of thiocyanates is 1. The quantitative estimate of drug-likeness (QED) is 0.454. The summed E-state index contributed by atoms with van der Waals surface area (Å²) in [6.07, 6.45) is 0.0720. The van der Waals surface area contributed by atoms with Gasteiger partial charge in [0, 0.05) is 15.6 Å². The van der Waals surface area contributed by atoms with Gasteiger partial charge >= 0.3 is 5.97 Å². The summed E-state index contributed by atoms with van der Waals surface area (Å²) in [6.45, 7) is 3.33. The number of hydrogen-bond donors (Lipinski definition) is 1. The first kappa shape index (κ1) is 19.8. The van der Waals surface area contributed by atoms with Crippen LogP contribution in [-0.4, -0.2) is 18.5 Å². The molecule has 0 heterocycles. The van der Waals surface area contributed by atoms with E-state index in [4.69, 9.17) is 21.6 Å². The van der Waals surface area contributed by atoms with Gasteiger partial charge < -0.3 is 10.1 Å². The lowest BCUT2D eigenvalue weighted by atomic mass is 10.1. The van der Waals surface area contributed by atoms with Gasteiger partial charge in [-0.25, -0.2) is 0 Å². The lowest BCUT2D eigenvalue weighted by Crippen LogP contribution is -2.22. The number of nitrogens with zero attached hydrogens (tertiary/aromatic N) is 1. The number of ether oxygens (including phenoxy) is 1. The summed E-state index contributed by atoms with van der Waals surface area (Å²) in [5, 5.41) is 14.1. The molecular weight excluding hydrogens is 372 g/mol. The van der Waals surface area contributed by atoms with Crippen LogP contribution in [-0.2, 0) is 20.7 Å². The van der Waals surface area contributed by atoms with Crippen molar-refractivity contribution in [2.75, 3.05) is 11.9 Å². The molecule has 0 saturated heterocycles. The van der Waals surface area contributed by atoms with Crippen molar-refractivity contribution in [1.82, 2.24) is 0 Å². The Morgan fingerprint density at radius 1 is 1.19 bits per heavy atom. The molecule has 2 aromatic rings. The largest absolute Gasteiger partial charge is 0.455 e. The normalized spacial score (nSPS) is 10.1. The van der Waals surface area contributed by atoms with Crippen molar-refractivity contribution >= 4 is 40.9 Å². The lowest BCUT2D eigenvalue weighted by Gasteiger charge is -2.13. The Balaban J connectivity index is 1.89.